The second kappa shape index (κ2) is 13.8. The van der Waals surface area contributed by atoms with Crippen molar-refractivity contribution in [3.8, 4) is 0 Å². The highest BCUT2D eigenvalue weighted by Gasteiger charge is 2.53. The summed E-state index contributed by atoms with van der Waals surface area (Å²) in [6.07, 6.45) is -8.01. The first kappa shape index (κ1) is 34.6. The number of piperidine rings is 1. The molecule has 48 heavy (non-hydrogen) atoms. The van der Waals surface area contributed by atoms with Gasteiger partial charge in [0, 0.05) is 13.0 Å². The average Bonchev–Trinajstić information content (AvgIpc) is 3.63. The van der Waals surface area contributed by atoms with Gasteiger partial charge in [0.25, 0.3) is 0 Å². The first-order chi connectivity index (χ1) is 22.8. The SMILES string of the molecule is C[C@@H](OC[C@@]1(c2ccccc2)CCC(CC=O)(n2cnnc2)CN1C(=O)OCc1ccccc1)c1cc(C(F)(F)F)cc(C(F)(F)F)c1. The van der Waals surface area contributed by atoms with Crippen LogP contribution in [0, 0.1) is 0 Å². The second-order valence-corrected chi connectivity index (χ2v) is 11.8. The second-order valence-electron chi connectivity index (χ2n) is 11.8. The molecule has 1 saturated heterocycles. The number of ether oxygens (including phenoxy) is 2. The molecule has 5 rings (SSSR count). The van der Waals surface area contributed by atoms with E-state index in [-0.39, 0.29) is 44.2 Å². The van der Waals surface area contributed by atoms with E-state index in [4.69, 9.17) is 9.47 Å². The van der Waals surface area contributed by atoms with Crippen molar-refractivity contribution in [2.24, 2.45) is 0 Å². The van der Waals surface area contributed by atoms with Gasteiger partial charge in [-0.25, -0.2) is 4.79 Å². The van der Waals surface area contributed by atoms with E-state index >= 15 is 0 Å². The topological polar surface area (TPSA) is 86.6 Å². The Balaban J connectivity index is 1.55. The van der Waals surface area contributed by atoms with Gasteiger partial charge in [0.1, 0.15) is 25.5 Å². The number of carbonyl (C=O) groups excluding carboxylic acids is 2. The van der Waals surface area contributed by atoms with E-state index in [0.29, 0.717) is 29.7 Å². The highest BCUT2D eigenvalue weighted by molar-refractivity contribution is 5.70. The largest absolute Gasteiger partial charge is 0.445 e. The maximum atomic E-state index is 14.1. The summed E-state index contributed by atoms with van der Waals surface area (Å²) in [7, 11) is 0. The quantitative estimate of drug-likeness (QED) is 0.127. The maximum Gasteiger partial charge on any atom is 0.416 e. The molecule has 1 aliphatic heterocycles. The van der Waals surface area contributed by atoms with Gasteiger partial charge in [-0.05, 0) is 54.7 Å². The van der Waals surface area contributed by atoms with Gasteiger partial charge in [-0.15, -0.1) is 10.2 Å². The lowest BCUT2D eigenvalue weighted by Crippen LogP contribution is -2.62. The Bertz CT molecular complexity index is 1650. The van der Waals surface area contributed by atoms with Crippen LogP contribution in [-0.4, -0.2) is 45.2 Å². The summed E-state index contributed by atoms with van der Waals surface area (Å²) in [5.74, 6) is 0. The molecule has 8 nitrogen and oxygen atoms in total. The molecule has 0 saturated carbocycles. The number of halogens is 6. The molecule has 0 N–H and O–H groups in total. The van der Waals surface area contributed by atoms with Crippen molar-refractivity contribution in [2.75, 3.05) is 13.2 Å². The molecular formula is C34H32F6N4O4. The molecule has 1 unspecified atom stereocenters. The van der Waals surface area contributed by atoms with Crippen molar-refractivity contribution >= 4 is 12.4 Å². The number of aromatic nitrogens is 3. The Hall–Kier alpha value is -4.72. The fraction of sp³-hybridized carbons (Fsp3) is 0.353. The van der Waals surface area contributed by atoms with E-state index in [9.17, 15) is 35.9 Å². The van der Waals surface area contributed by atoms with Crippen LogP contribution in [0.4, 0.5) is 31.1 Å². The lowest BCUT2D eigenvalue weighted by Gasteiger charge is -2.53. The smallest absolute Gasteiger partial charge is 0.416 e. The molecule has 3 atom stereocenters. The van der Waals surface area contributed by atoms with Crippen LogP contribution in [0.1, 0.15) is 60.1 Å². The third-order valence-corrected chi connectivity index (χ3v) is 8.79. The van der Waals surface area contributed by atoms with Gasteiger partial charge in [0.2, 0.25) is 0 Å². The molecule has 0 bridgehead atoms. The Labute approximate surface area is 272 Å². The number of likely N-dealkylation sites (tertiary alicyclic amines) is 1. The number of carbonyl (C=O) groups is 2. The number of hydrogen-bond donors (Lipinski definition) is 0. The van der Waals surface area contributed by atoms with Crippen LogP contribution in [0.2, 0.25) is 0 Å². The number of amides is 1. The Morgan fingerprint density at radius 2 is 1.48 bits per heavy atom. The van der Waals surface area contributed by atoms with Crippen LogP contribution >= 0.6 is 0 Å². The van der Waals surface area contributed by atoms with Gasteiger partial charge < -0.3 is 18.8 Å². The van der Waals surface area contributed by atoms with Crippen molar-refractivity contribution in [3.05, 3.63) is 119 Å². The molecule has 254 valence electrons. The Morgan fingerprint density at radius 3 is 2.04 bits per heavy atom. The number of nitrogens with zero attached hydrogens (tertiary/aromatic N) is 4. The van der Waals surface area contributed by atoms with Crippen molar-refractivity contribution in [1.29, 1.82) is 0 Å². The summed E-state index contributed by atoms with van der Waals surface area (Å²) in [6.45, 7) is 0.862. The summed E-state index contributed by atoms with van der Waals surface area (Å²) in [4.78, 5) is 27.5. The van der Waals surface area contributed by atoms with Crippen molar-refractivity contribution in [2.45, 2.75) is 62.3 Å². The van der Waals surface area contributed by atoms with Crippen LogP contribution in [0.15, 0.2) is 91.5 Å². The lowest BCUT2D eigenvalue weighted by atomic mass is 9.73. The molecule has 0 aliphatic carbocycles. The average molecular weight is 675 g/mol. The minimum absolute atomic E-state index is 0.0138. The third-order valence-electron chi connectivity index (χ3n) is 8.79. The minimum atomic E-state index is -5.03. The standard InChI is InChI=1S/C34H32F6N4O4/c1-24(26-16-28(33(35,36)37)18-29(17-26)34(38,39)40)48-21-32(27-10-6-3-7-11-27)13-12-31(14-15-45,43-22-41-42-23-43)20-44(32)30(46)47-19-25-8-4-2-5-9-25/h2-11,15-18,22-24H,12-14,19-21H2,1H3/t24-,31?,32-/m1/s1. The molecule has 3 aromatic carbocycles. The first-order valence-corrected chi connectivity index (χ1v) is 15.0. The van der Waals surface area contributed by atoms with Gasteiger partial charge >= 0.3 is 18.4 Å². The fourth-order valence-electron chi connectivity index (χ4n) is 6.07. The number of benzene rings is 3. The summed E-state index contributed by atoms with van der Waals surface area (Å²) < 4.78 is 95.4. The van der Waals surface area contributed by atoms with Gasteiger partial charge in [0.15, 0.2) is 0 Å². The predicted molar refractivity (Wildman–Crippen MR) is 160 cm³/mol. The van der Waals surface area contributed by atoms with Crippen LogP contribution < -0.4 is 0 Å². The summed E-state index contributed by atoms with van der Waals surface area (Å²) in [6, 6.07) is 19.0. The predicted octanol–water partition coefficient (Wildman–Crippen LogP) is 7.71. The Morgan fingerprint density at radius 1 is 0.896 bits per heavy atom. The zero-order chi connectivity index (χ0) is 34.6. The van der Waals surface area contributed by atoms with Crippen LogP contribution in [-0.2, 0) is 44.3 Å². The molecule has 1 fully saturated rings. The van der Waals surface area contributed by atoms with Crippen molar-refractivity contribution < 1.29 is 45.4 Å². The molecule has 1 amide bonds. The van der Waals surface area contributed by atoms with E-state index in [2.05, 4.69) is 10.2 Å². The van der Waals surface area contributed by atoms with Crippen molar-refractivity contribution in [1.82, 2.24) is 19.7 Å². The van der Waals surface area contributed by atoms with Crippen molar-refractivity contribution in [3.63, 3.8) is 0 Å². The number of hydrogen-bond acceptors (Lipinski definition) is 6. The molecule has 0 spiro atoms. The number of aldehydes is 1. The molecule has 0 radical (unpaired) electrons. The van der Waals surface area contributed by atoms with E-state index < -0.39 is 46.8 Å². The number of rotatable bonds is 10. The molecule has 14 heteroatoms. The molecule has 4 aromatic rings. The monoisotopic (exact) mass is 674 g/mol. The Kier molecular flexibility index (Phi) is 9.94. The van der Waals surface area contributed by atoms with Gasteiger partial charge in [-0.1, -0.05) is 60.7 Å². The zero-order valence-corrected chi connectivity index (χ0v) is 25.7. The normalized spacial score (nSPS) is 20.7. The third kappa shape index (κ3) is 7.38. The lowest BCUT2D eigenvalue weighted by molar-refractivity contribution is -0.143. The van der Waals surface area contributed by atoms with Gasteiger partial charge in [0.05, 0.1) is 34.9 Å². The fourth-order valence-corrected chi connectivity index (χ4v) is 6.07. The summed E-state index contributed by atoms with van der Waals surface area (Å²) in [5.41, 5.74) is -4.25. The maximum absolute atomic E-state index is 14.1. The zero-order valence-electron chi connectivity index (χ0n) is 25.7. The minimum Gasteiger partial charge on any atom is -0.445 e. The molecule has 1 aromatic heterocycles. The van der Waals surface area contributed by atoms with Gasteiger partial charge in [-0.3, -0.25) is 4.90 Å². The van der Waals surface area contributed by atoms with Crippen LogP contribution in [0.3, 0.4) is 0 Å². The number of alkyl halides is 6. The summed E-state index contributed by atoms with van der Waals surface area (Å²) >= 11 is 0. The van der Waals surface area contributed by atoms with Gasteiger partial charge in [-0.2, -0.15) is 26.3 Å². The first-order valence-electron chi connectivity index (χ1n) is 15.0. The molecular weight excluding hydrogens is 642 g/mol. The van der Waals surface area contributed by atoms with E-state index in [1.807, 2.05) is 6.07 Å². The van der Waals surface area contributed by atoms with E-state index in [1.165, 1.54) is 24.5 Å². The van der Waals surface area contributed by atoms with Crippen LogP contribution in [0.25, 0.3) is 0 Å². The van der Waals surface area contributed by atoms with Crippen LogP contribution in [0.5, 0.6) is 0 Å². The highest BCUT2D eigenvalue weighted by Crippen LogP contribution is 2.46. The molecule has 1 aliphatic rings. The van der Waals surface area contributed by atoms with E-state index in [1.54, 1.807) is 59.2 Å². The highest BCUT2D eigenvalue weighted by atomic mass is 19.4. The molecule has 2 heterocycles. The van der Waals surface area contributed by atoms with E-state index in [0.717, 1.165) is 6.29 Å². The summed E-state index contributed by atoms with van der Waals surface area (Å²) in [5, 5.41) is 7.77.